The van der Waals surface area contributed by atoms with Gasteiger partial charge in [-0.05, 0) is 64.2 Å². The van der Waals surface area contributed by atoms with Crippen molar-refractivity contribution in [2.24, 2.45) is 0 Å². The van der Waals surface area contributed by atoms with Crippen LogP contribution in [0.3, 0.4) is 0 Å². The second-order valence-corrected chi connectivity index (χ2v) is 20.1. The van der Waals surface area contributed by atoms with E-state index in [9.17, 15) is 25.2 Å². The van der Waals surface area contributed by atoms with Crippen molar-refractivity contribution in [3.63, 3.8) is 0 Å². The van der Waals surface area contributed by atoms with Gasteiger partial charge in [0.15, 0.2) is 6.29 Å². The molecule has 412 valence electrons. The van der Waals surface area contributed by atoms with Crippen LogP contribution in [0.5, 0.6) is 0 Å². The Kier molecular flexibility index (Phi) is 49.3. The first kappa shape index (κ1) is 66.6. The molecule has 1 rings (SSSR count). The van der Waals surface area contributed by atoms with Gasteiger partial charge in [-0.3, -0.25) is 4.79 Å². The molecule has 1 heterocycles. The minimum Gasteiger partial charge on any atom is -0.457 e. The molecule has 0 aromatic heterocycles. The Morgan fingerprint density at radius 2 is 0.859 bits per heavy atom. The first-order valence-corrected chi connectivity index (χ1v) is 29.5. The lowest BCUT2D eigenvalue weighted by Gasteiger charge is -2.39. The van der Waals surface area contributed by atoms with Gasteiger partial charge in [0.1, 0.15) is 30.5 Å². The molecule has 4 N–H and O–H groups in total. The number of rotatable bonds is 51. The van der Waals surface area contributed by atoms with Crippen molar-refractivity contribution >= 4 is 5.97 Å². The van der Waals surface area contributed by atoms with E-state index in [0.29, 0.717) is 13.0 Å². The molecule has 0 aliphatic carbocycles. The number of hydrogen-bond acceptors (Lipinski definition) is 9. The molecule has 0 aromatic carbocycles. The topological polar surface area (TPSA) is 135 Å². The molecule has 9 nitrogen and oxygen atoms in total. The zero-order valence-electron chi connectivity index (χ0n) is 45.7. The van der Waals surface area contributed by atoms with E-state index in [1.807, 2.05) is 0 Å². The van der Waals surface area contributed by atoms with E-state index < -0.39 is 43.4 Å². The number of esters is 1. The van der Waals surface area contributed by atoms with Crippen molar-refractivity contribution in [1.29, 1.82) is 0 Å². The quantitative estimate of drug-likeness (QED) is 0.0267. The number of hydrogen-bond donors (Lipinski definition) is 4. The van der Waals surface area contributed by atoms with Gasteiger partial charge in [-0.15, -0.1) is 0 Å². The van der Waals surface area contributed by atoms with E-state index in [-0.39, 0.29) is 19.2 Å². The Labute approximate surface area is 436 Å². The Morgan fingerprint density at radius 3 is 1.30 bits per heavy atom. The number of ether oxygens (including phenoxy) is 4. The third kappa shape index (κ3) is 42.7. The molecular formula is C62H110O9. The van der Waals surface area contributed by atoms with E-state index in [2.05, 4.69) is 86.8 Å². The summed E-state index contributed by atoms with van der Waals surface area (Å²) >= 11 is 0. The Hall–Kier alpha value is -2.37. The molecule has 0 radical (unpaired) electrons. The Bertz CT molecular complexity index is 1320. The van der Waals surface area contributed by atoms with Gasteiger partial charge in [0, 0.05) is 13.0 Å². The predicted octanol–water partition coefficient (Wildman–Crippen LogP) is 15.5. The molecule has 6 atom stereocenters. The van der Waals surface area contributed by atoms with Gasteiger partial charge >= 0.3 is 5.97 Å². The number of aliphatic hydroxyl groups excluding tert-OH is 4. The van der Waals surface area contributed by atoms with Gasteiger partial charge in [0.25, 0.3) is 0 Å². The lowest BCUT2D eigenvalue weighted by Crippen LogP contribution is -2.59. The minimum absolute atomic E-state index is 0.123. The van der Waals surface area contributed by atoms with Crippen molar-refractivity contribution < 1.29 is 44.2 Å². The molecule has 0 aromatic rings. The van der Waals surface area contributed by atoms with Gasteiger partial charge in [0.05, 0.1) is 19.8 Å². The smallest absolute Gasteiger partial charge is 0.306 e. The van der Waals surface area contributed by atoms with Gasteiger partial charge in [0.2, 0.25) is 0 Å². The normalized spacial score (nSPS) is 19.3. The highest BCUT2D eigenvalue weighted by atomic mass is 16.7. The van der Waals surface area contributed by atoms with Crippen LogP contribution >= 0.6 is 0 Å². The standard InChI is InChI=1S/C62H110O9/c1-3-5-7-9-11-13-15-17-19-21-23-25-27-29-31-33-35-37-39-41-43-45-47-49-51-58(64)70-56(55-69-62-61(67)60(66)59(65)57(53-63)71-62)54-68-52-50-48-46-44-42-40-38-36-34-32-30-28-26-24-22-20-18-16-14-12-10-8-6-4-2/h6,8,12,14,18,20,24,26,30,32,36,38,56-57,59-63,65-67H,3-5,7,9-11,13,15-17,19,21-23,25,27-29,31,33-35,37,39-55H2,1-2H3/b8-6-,14-12-,20-18-,26-24-,32-30-,38-36-. The van der Waals surface area contributed by atoms with Crippen LogP contribution in [0, 0.1) is 0 Å². The summed E-state index contributed by atoms with van der Waals surface area (Å²) in [5.41, 5.74) is 0. The summed E-state index contributed by atoms with van der Waals surface area (Å²) in [6.07, 6.45) is 63.8. The van der Waals surface area contributed by atoms with Crippen LogP contribution in [-0.4, -0.2) is 89.6 Å². The summed E-state index contributed by atoms with van der Waals surface area (Å²) < 4.78 is 23.0. The maximum absolute atomic E-state index is 12.9. The van der Waals surface area contributed by atoms with E-state index in [4.69, 9.17) is 18.9 Å². The lowest BCUT2D eigenvalue weighted by atomic mass is 9.99. The molecule has 1 aliphatic rings. The summed E-state index contributed by atoms with van der Waals surface area (Å²) in [5, 5.41) is 40.4. The van der Waals surface area contributed by atoms with Gasteiger partial charge in [-0.1, -0.05) is 254 Å². The molecule has 1 fully saturated rings. The molecule has 9 heteroatoms. The molecule has 0 bridgehead atoms. The summed E-state index contributed by atoms with van der Waals surface area (Å²) in [4.78, 5) is 12.9. The minimum atomic E-state index is -1.54. The van der Waals surface area contributed by atoms with Gasteiger partial charge < -0.3 is 39.4 Å². The summed E-state index contributed by atoms with van der Waals surface area (Å²) in [7, 11) is 0. The van der Waals surface area contributed by atoms with E-state index >= 15 is 0 Å². The van der Waals surface area contributed by atoms with Gasteiger partial charge in [-0.2, -0.15) is 0 Å². The number of carbonyl (C=O) groups excluding carboxylic acids is 1. The second kappa shape index (κ2) is 52.5. The van der Waals surface area contributed by atoms with E-state index in [0.717, 1.165) is 89.9 Å². The molecule has 1 saturated heterocycles. The summed E-state index contributed by atoms with van der Waals surface area (Å²) in [6.45, 7) is 4.43. The fraction of sp³-hybridized carbons (Fsp3) is 0.790. The SMILES string of the molecule is CC/C=C\C/C=C\C/C=C\C/C=C\C/C=C\C/C=C\CCCCCCCOCC(COC1OC(CO)C(O)C(O)C1O)OC(=O)CCCCCCCCCCCCCCCCCCCCCCCCCC. The largest absolute Gasteiger partial charge is 0.457 e. The molecule has 0 saturated carbocycles. The second-order valence-electron chi connectivity index (χ2n) is 20.1. The van der Waals surface area contributed by atoms with Crippen LogP contribution in [0.2, 0.25) is 0 Å². The molecule has 0 amide bonds. The molecule has 0 spiro atoms. The van der Waals surface area contributed by atoms with E-state index in [1.165, 1.54) is 141 Å². The maximum atomic E-state index is 12.9. The molecular weight excluding hydrogens is 889 g/mol. The van der Waals surface area contributed by atoms with Crippen molar-refractivity contribution in [2.45, 2.75) is 288 Å². The predicted molar refractivity (Wildman–Crippen MR) is 297 cm³/mol. The number of allylic oxidation sites excluding steroid dienone is 12. The molecule has 71 heavy (non-hydrogen) atoms. The third-order valence-electron chi connectivity index (χ3n) is 13.4. The average molecular weight is 1000 g/mol. The Morgan fingerprint density at radius 1 is 0.465 bits per heavy atom. The Balaban J connectivity index is 2.17. The van der Waals surface area contributed by atoms with Crippen LogP contribution < -0.4 is 0 Å². The van der Waals surface area contributed by atoms with Crippen LogP contribution in [0.25, 0.3) is 0 Å². The summed E-state index contributed by atoms with van der Waals surface area (Å²) in [5.74, 6) is -0.318. The third-order valence-corrected chi connectivity index (χ3v) is 13.4. The summed E-state index contributed by atoms with van der Waals surface area (Å²) in [6, 6.07) is 0. The van der Waals surface area contributed by atoms with Crippen molar-refractivity contribution in [1.82, 2.24) is 0 Å². The van der Waals surface area contributed by atoms with E-state index in [1.54, 1.807) is 0 Å². The monoisotopic (exact) mass is 999 g/mol. The number of aliphatic hydroxyl groups is 4. The van der Waals surface area contributed by atoms with Gasteiger partial charge in [-0.25, -0.2) is 0 Å². The zero-order valence-corrected chi connectivity index (χ0v) is 45.7. The van der Waals surface area contributed by atoms with Crippen LogP contribution in [0.4, 0.5) is 0 Å². The average Bonchev–Trinajstić information content (AvgIpc) is 3.37. The fourth-order valence-corrected chi connectivity index (χ4v) is 8.85. The fourth-order valence-electron chi connectivity index (χ4n) is 8.85. The van der Waals surface area contributed by atoms with Crippen LogP contribution in [0.1, 0.15) is 251 Å². The van der Waals surface area contributed by atoms with Crippen molar-refractivity contribution in [3.8, 4) is 0 Å². The highest BCUT2D eigenvalue weighted by Crippen LogP contribution is 2.23. The highest BCUT2D eigenvalue weighted by Gasteiger charge is 2.44. The highest BCUT2D eigenvalue weighted by molar-refractivity contribution is 5.69. The zero-order chi connectivity index (χ0) is 51.3. The first-order chi connectivity index (χ1) is 34.9. The number of carbonyl (C=O) groups is 1. The maximum Gasteiger partial charge on any atom is 0.306 e. The lowest BCUT2D eigenvalue weighted by molar-refractivity contribution is -0.305. The number of unbranched alkanes of at least 4 members (excludes halogenated alkanes) is 28. The first-order valence-electron chi connectivity index (χ1n) is 29.5. The van der Waals surface area contributed by atoms with Crippen molar-refractivity contribution in [2.75, 3.05) is 26.4 Å². The van der Waals surface area contributed by atoms with Crippen LogP contribution in [-0.2, 0) is 23.7 Å². The van der Waals surface area contributed by atoms with Crippen LogP contribution in [0.15, 0.2) is 72.9 Å². The molecule has 1 aliphatic heterocycles. The molecule has 6 unspecified atom stereocenters. The van der Waals surface area contributed by atoms with Crippen molar-refractivity contribution in [3.05, 3.63) is 72.9 Å².